The molecular formula is C22H30N2O4. The Labute approximate surface area is 166 Å². The molecule has 0 unspecified atom stereocenters. The lowest BCUT2D eigenvalue weighted by molar-refractivity contribution is -0.120. The zero-order valence-electron chi connectivity index (χ0n) is 16.8. The van der Waals surface area contributed by atoms with Gasteiger partial charge in [-0.2, -0.15) is 0 Å². The lowest BCUT2D eigenvalue weighted by Gasteiger charge is -2.31. The number of rotatable bonds is 7. The molecule has 152 valence electrons. The van der Waals surface area contributed by atoms with Gasteiger partial charge in [-0.1, -0.05) is 12.2 Å². The van der Waals surface area contributed by atoms with Gasteiger partial charge >= 0.3 is 0 Å². The molecule has 28 heavy (non-hydrogen) atoms. The van der Waals surface area contributed by atoms with Crippen LogP contribution in [0.2, 0.25) is 0 Å². The van der Waals surface area contributed by atoms with E-state index in [1.807, 2.05) is 26.0 Å². The molecule has 1 aromatic rings. The van der Waals surface area contributed by atoms with E-state index in [9.17, 15) is 4.79 Å². The Morgan fingerprint density at radius 2 is 1.86 bits per heavy atom. The number of benzene rings is 1. The van der Waals surface area contributed by atoms with E-state index < -0.39 is 0 Å². The lowest BCUT2D eigenvalue weighted by Crippen LogP contribution is -2.36. The predicted molar refractivity (Wildman–Crippen MR) is 109 cm³/mol. The molecule has 2 aliphatic carbocycles. The second-order valence-electron chi connectivity index (χ2n) is 7.66. The number of anilines is 2. The monoisotopic (exact) mass is 386 g/mol. The molecule has 2 bridgehead atoms. The highest BCUT2D eigenvalue weighted by atomic mass is 16.5. The van der Waals surface area contributed by atoms with E-state index in [1.165, 1.54) is 0 Å². The number of allylic oxidation sites excluding steroid dienone is 2. The molecule has 4 rings (SSSR count). The molecule has 1 N–H and O–H groups in total. The standard InChI is InChI=1S/C22H30N2O4/c1-3-27-20-14-19(24-7-9-26-10-8-24)21(28-4-2)13-18(20)23-22(25)17-12-15-5-6-16(17)11-15/h5-6,13-17H,3-4,7-12H2,1-2H3,(H,23,25)/t15-,16+,17+/m1/s1. The first-order chi connectivity index (χ1) is 13.7. The van der Waals surface area contributed by atoms with E-state index in [-0.39, 0.29) is 11.8 Å². The second kappa shape index (κ2) is 8.43. The van der Waals surface area contributed by atoms with Crippen molar-refractivity contribution in [1.82, 2.24) is 0 Å². The zero-order chi connectivity index (χ0) is 19.5. The molecule has 6 heteroatoms. The number of ether oxygens (including phenoxy) is 3. The molecule has 3 aliphatic rings. The van der Waals surface area contributed by atoms with Gasteiger partial charge in [0.15, 0.2) is 0 Å². The molecule has 0 aromatic heterocycles. The summed E-state index contributed by atoms with van der Waals surface area (Å²) in [4.78, 5) is 15.2. The minimum absolute atomic E-state index is 0.0546. The number of amides is 1. The average Bonchev–Trinajstić information content (AvgIpc) is 3.34. The van der Waals surface area contributed by atoms with Gasteiger partial charge in [-0.25, -0.2) is 0 Å². The van der Waals surface area contributed by atoms with Gasteiger partial charge in [-0.3, -0.25) is 4.79 Å². The van der Waals surface area contributed by atoms with Crippen molar-refractivity contribution in [2.45, 2.75) is 26.7 Å². The number of carbonyl (C=O) groups excluding carboxylic acids is 1. The molecule has 0 radical (unpaired) electrons. The highest BCUT2D eigenvalue weighted by molar-refractivity contribution is 5.95. The average molecular weight is 386 g/mol. The van der Waals surface area contributed by atoms with Crippen LogP contribution in [0.15, 0.2) is 24.3 Å². The largest absolute Gasteiger partial charge is 0.492 e. The molecule has 2 fully saturated rings. The minimum Gasteiger partial charge on any atom is -0.492 e. The second-order valence-corrected chi connectivity index (χ2v) is 7.66. The summed E-state index contributed by atoms with van der Waals surface area (Å²) >= 11 is 0. The van der Waals surface area contributed by atoms with E-state index in [2.05, 4.69) is 22.4 Å². The van der Waals surface area contributed by atoms with Crippen molar-refractivity contribution in [3.63, 3.8) is 0 Å². The van der Waals surface area contributed by atoms with Crippen LogP contribution in [0.3, 0.4) is 0 Å². The molecule has 0 spiro atoms. The quantitative estimate of drug-likeness (QED) is 0.727. The molecule has 1 saturated carbocycles. The van der Waals surface area contributed by atoms with Crippen LogP contribution >= 0.6 is 0 Å². The van der Waals surface area contributed by atoms with Crippen LogP contribution in [0.4, 0.5) is 11.4 Å². The summed E-state index contributed by atoms with van der Waals surface area (Å²) in [6.07, 6.45) is 6.51. The lowest BCUT2D eigenvalue weighted by atomic mass is 9.93. The van der Waals surface area contributed by atoms with Crippen molar-refractivity contribution in [1.29, 1.82) is 0 Å². The van der Waals surface area contributed by atoms with Gasteiger partial charge in [0.2, 0.25) is 5.91 Å². The van der Waals surface area contributed by atoms with Crippen LogP contribution in [0.25, 0.3) is 0 Å². The van der Waals surface area contributed by atoms with Crippen molar-refractivity contribution in [2.24, 2.45) is 17.8 Å². The number of carbonyl (C=O) groups is 1. The number of nitrogens with one attached hydrogen (secondary N) is 1. The summed E-state index contributed by atoms with van der Waals surface area (Å²) < 4.78 is 17.3. The fraction of sp³-hybridized carbons (Fsp3) is 0.591. The fourth-order valence-electron chi connectivity index (χ4n) is 4.55. The maximum Gasteiger partial charge on any atom is 0.228 e. The van der Waals surface area contributed by atoms with Crippen molar-refractivity contribution in [3.05, 3.63) is 24.3 Å². The van der Waals surface area contributed by atoms with Crippen LogP contribution in [-0.4, -0.2) is 45.4 Å². The van der Waals surface area contributed by atoms with E-state index in [0.717, 1.165) is 37.4 Å². The molecular weight excluding hydrogens is 356 g/mol. The summed E-state index contributed by atoms with van der Waals surface area (Å²) in [5, 5.41) is 3.13. The van der Waals surface area contributed by atoms with Gasteiger partial charge in [0.25, 0.3) is 0 Å². The van der Waals surface area contributed by atoms with E-state index in [4.69, 9.17) is 14.2 Å². The number of nitrogens with zero attached hydrogens (tertiary/aromatic N) is 1. The Kier molecular flexibility index (Phi) is 5.76. The number of morpholine rings is 1. The zero-order valence-corrected chi connectivity index (χ0v) is 16.8. The Hall–Kier alpha value is -2.21. The molecule has 6 nitrogen and oxygen atoms in total. The molecule has 1 heterocycles. The van der Waals surface area contributed by atoms with Gasteiger partial charge in [0, 0.05) is 31.1 Å². The smallest absolute Gasteiger partial charge is 0.228 e. The minimum atomic E-state index is 0.0546. The van der Waals surface area contributed by atoms with Crippen LogP contribution in [0.5, 0.6) is 11.5 Å². The summed E-state index contributed by atoms with van der Waals surface area (Å²) in [5.74, 6) is 2.54. The SMILES string of the molecule is CCOc1cc(N2CCOCC2)c(OCC)cc1NC(=O)[C@H]1C[C@@H]2C=C[C@H]1C2. The molecule has 1 saturated heterocycles. The Morgan fingerprint density at radius 1 is 1.11 bits per heavy atom. The van der Waals surface area contributed by atoms with Crippen LogP contribution in [-0.2, 0) is 9.53 Å². The third-order valence-corrected chi connectivity index (χ3v) is 5.89. The van der Waals surface area contributed by atoms with Gasteiger partial charge < -0.3 is 24.4 Å². The van der Waals surface area contributed by atoms with Gasteiger partial charge in [-0.15, -0.1) is 0 Å². The fourth-order valence-corrected chi connectivity index (χ4v) is 4.55. The summed E-state index contributed by atoms with van der Waals surface area (Å²) in [6, 6.07) is 3.91. The van der Waals surface area contributed by atoms with Crippen LogP contribution in [0, 0.1) is 17.8 Å². The Balaban J connectivity index is 1.60. The summed E-state index contributed by atoms with van der Waals surface area (Å²) in [5.41, 5.74) is 1.69. The van der Waals surface area contributed by atoms with Crippen LogP contribution < -0.4 is 19.7 Å². The van der Waals surface area contributed by atoms with Crippen molar-refractivity contribution >= 4 is 17.3 Å². The number of fused-ring (bicyclic) bond motifs is 2. The van der Waals surface area contributed by atoms with Gasteiger partial charge in [0.05, 0.1) is 37.8 Å². The summed E-state index contributed by atoms with van der Waals surface area (Å²) in [7, 11) is 0. The third kappa shape index (κ3) is 3.83. The van der Waals surface area contributed by atoms with Crippen molar-refractivity contribution in [3.8, 4) is 11.5 Å². The topological polar surface area (TPSA) is 60.0 Å². The van der Waals surface area contributed by atoms with Crippen molar-refractivity contribution < 1.29 is 19.0 Å². The first kappa shape index (κ1) is 19.1. The normalized spacial score (nSPS) is 25.8. The molecule has 1 amide bonds. The first-order valence-electron chi connectivity index (χ1n) is 10.4. The van der Waals surface area contributed by atoms with Gasteiger partial charge in [0.1, 0.15) is 11.5 Å². The predicted octanol–water partition coefficient (Wildman–Crippen LogP) is 3.47. The number of hydrogen-bond donors (Lipinski definition) is 1. The number of hydrogen-bond acceptors (Lipinski definition) is 5. The summed E-state index contributed by atoms with van der Waals surface area (Å²) in [6.45, 7) is 8.06. The molecule has 1 aliphatic heterocycles. The first-order valence-corrected chi connectivity index (χ1v) is 10.4. The third-order valence-electron chi connectivity index (χ3n) is 5.89. The van der Waals surface area contributed by atoms with Crippen LogP contribution in [0.1, 0.15) is 26.7 Å². The van der Waals surface area contributed by atoms with E-state index in [1.54, 1.807) is 0 Å². The van der Waals surface area contributed by atoms with Gasteiger partial charge in [-0.05, 0) is 38.5 Å². The maximum absolute atomic E-state index is 12.9. The maximum atomic E-state index is 12.9. The Bertz CT molecular complexity index is 742. The molecule has 3 atom stereocenters. The van der Waals surface area contributed by atoms with E-state index in [0.29, 0.717) is 49.7 Å². The molecule has 1 aromatic carbocycles. The highest BCUT2D eigenvalue weighted by Gasteiger charge is 2.40. The Morgan fingerprint density at radius 3 is 2.50 bits per heavy atom. The van der Waals surface area contributed by atoms with Crippen molar-refractivity contribution in [2.75, 3.05) is 49.7 Å². The van der Waals surface area contributed by atoms with E-state index >= 15 is 0 Å². The highest BCUT2D eigenvalue weighted by Crippen LogP contribution is 2.45.